The van der Waals surface area contributed by atoms with Gasteiger partial charge < -0.3 is 14.4 Å². The van der Waals surface area contributed by atoms with E-state index in [1.807, 2.05) is 41.3 Å². The Bertz CT molecular complexity index is 667. The lowest BCUT2D eigenvalue weighted by atomic mass is 10.1. The maximum atomic E-state index is 12.7. The maximum Gasteiger partial charge on any atom is 0.246 e. The molecule has 166 valence electrons. The molecule has 0 N–H and O–H groups in total. The summed E-state index contributed by atoms with van der Waals surface area (Å²) in [6.45, 7) is 6.48. The van der Waals surface area contributed by atoms with Gasteiger partial charge in [-0.15, -0.1) is 0 Å². The van der Waals surface area contributed by atoms with Crippen LogP contribution in [-0.2, 0) is 4.79 Å². The fraction of sp³-hybridized carbons (Fsp3) is 0.577. The van der Waals surface area contributed by atoms with Crippen molar-refractivity contribution in [2.75, 3.05) is 19.9 Å². The summed E-state index contributed by atoms with van der Waals surface area (Å²) in [4.78, 5) is 14.7. The van der Waals surface area contributed by atoms with Crippen LogP contribution in [-0.4, -0.2) is 30.7 Å². The zero-order valence-corrected chi connectivity index (χ0v) is 18.9. The van der Waals surface area contributed by atoms with Crippen molar-refractivity contribution in [2.24, 2.45) is 0 Å². The molecule has 2 rings (SSSR count). The van der Waals surface area contributed by atoms with Crippen LogP contribution in [0.25, 0.3) is 6.08 Å². The zero-order chi connectivity index (χ0) is 21.4. The summed E-state index contributed by atoms with van der Waals surface area (Å²) in [5, 5.41) is 0. The molecule has 30 heavy (non-hydrogen) atoms. The second kappa shape index (κ2) is 14.7. The molecule has 0 atom stereocenters. The van der Waals surface area contributed by atoms with E-state index in [1.54, 1.807) is 6.08 Å². The highest BCUT2D eigenvalue weighted by molar-refractivity contribution is 5.88. The summed E-state index contributed by atoms with van der Waals surface area (Å²) in [6, 6.07) is 5.85. The lowest BCUT2D eigenvalue weighted by molar-refractivity contribution is -0.126. The molecule has 1 heterocycles. The number of ether oxygens (including phenoxy) is 2. The fourth-order valence-corrected chi connectivity index (χ4v) is 3.57. The van der Waals surface area contributed by atoms with Gasteiger partial charge in [0.2, 0.25) is 12.7 Å². The lowest BCUT2D eigenvalue weighted by Gasteiger charge is -2.21. The molecule has 0 unspecified atom stereocenters. The molecular formula is C26H39NO3. The van der Waals surface area contributed by atoms with Gasteiger partial charge in [-0.05, 0) is 30.5 Å². The third-order valence-electron chi connectivity index (χ3n) is 5.41. The predicted octanol–water partition coefficient (Wildman–Crippen LogP) is 6.75. The van der Waals surface area contributed by atoms with Crippen LogP contribution in [0, 0.1) is 0 Å². The number of unbranched alkanes of at least 4 members (excludes halogenated alkanes) is 8. The fourth-order valence-electron chi connectivity index (χ4n) is 3.57. The SMILES string of the molecule is CCCCCCCN(CCCCCCC)C(=O)/C=C/C=C/c1ccc2c(c1)OCO2. The van der Waals surface area contributed by atoms with Crippen molar-refractivity contribution < 1.29 is 14.3 Å². The van der Waals surface area contributed by atoms with Crippen molar-refractivity contribution in [3.8, 4) is 11.5 Å². The van der Waals surface area contributed by atoms with Gasteiger partial charge in [-0.25, -0.2) is 0 Å². The second-order valence-electron chi connectivity index (χ2n) is 7.98. The van der Waals surface area contributed by atoms with Crippen molar-refractivity contribution in [3.05, 3.63) is 42.0 Å². The third-order valence-corrected chi connectivity index (χ3v) is 5.41. The Balaban J connectivity index is 1.82. The first-order chi connectivity index (χ1) is 14.7. The topological polar surface area (TPSA) is 38.8 Å². The molecule has 0 radical (unpaired) electrons. The van der Waals surface area contributed by atoms with Crippen LogP contribution in [0.15, 0.2) is 36.4 Å². The monoisotopic (exact) mass is 413 g/mol. The number of carbonyl (C=O) groups excluding carboxylic acids is 1. The molecule has 0 aliphatic carbocycles. The number of allylic oxidation sites excluding steroid dienone is 2. The van der Waals surface area contributed by atoms with Gasteiger partial charge in [-0.2, -0.15) is 0 Å². The van der Waals surface area contributed by atoms with E-state index < -0.39 is 0 Å². The zero-order valence-electron chi connectivity index (χ0n) is 18.9. The van der Waals surface area contributed by atoms with Gasteiger partial charge >= 0.3 is 0 Å². The van der Waals surface area contributed by atoms with Gasteiger partial charge in [0.1, 0.15) is 0 Å². The quantitative estimate of drug-likeness (QED) is 0.181. The Hall–Kier alpha value is -2.23. The van der Waals surface area contributed by atoms with Crippen LogP contribution in [0.4, 0.5) is 0 Å². The Morgan fingerprint density at radius 2 is 1.50 bits per heavy atom. The highest BCUT2D eigenvalue weighted by Gasteiger charge is 2.12. The van der Waals surface area contributed by atoms with Crippen LogP contribution in [0.1, 0.15) is 83.6 Å². The molecule has 4 nitrogen and oxygen atoms in total. The molecular weight excluding hydrogens is 374 g/mol. The highest BCUT2D eigenvalue weighted by atomic mass is 16.7. The Morgan fingerprint density at radius 1 is 0.867 bits per heavy atom. The van der Waals surface area contributed by atoms with Crippen LogP contribution >= 0.6 is 0 Å². The highest BCUT2D eigenvalue weighted by Crippen LogP contribution is 2.32. The van der Waals surface area contributed by atoms with Gasteiger partial charge in [0.25, 0.3) is 0 Å². The van der Waals surface area contributed by atoms with E-state index in [0.717, 1.165) is 43.0 Å². The smallest absolute Gasteiger partial charge is 0.246 e. The summed E-state index contributed by atoms with van der Waals surface area (Å²) in [5.74, 6) is 1.68. The second-order valence-corrected chi connectivity index (χ2v) is 7.98. The maximum absolute atomic E-state index is 12.7. The largest absolute Gasteiger partial charge is 0.454 e. The molecule has 0 bridgehead atoms. The van der Waals surface area contributed by atoms with E-state index in [9.17, 15) is 4.79 Å². The van der Waals surface area contributed by atoms with Crippen molar-refractivity contribution in [2.45, 2.75) is 78.1 Å². The molecule has 0 saturated carbocycles. The van der Waals surface area contributed by atoms with E-state index in [4.69, 9.17) is 9.47 Å². The predicted molar refractivity (Wildman–Crippen MR) is 125 cm³/mol. The van der Waals surface area contributed by atoms with Crippen LogP contribution < -0.4 is 9.47 Å². The van der Waals surface area contributed by atoms with Crippen LogP contribution in [0.3, 0.4) is 0 Å². The number of hydrogen-bond acceptors (Lipinski definition) is 3. The molecule has 0 aromatic heterocycles. The average molecular weight is 414 g/mol. The van der Waals surface area contributed by atoms with Crippen molar-refractivity contribution in [1.82, 2.24) is 4.90 Å². The van der Waals surface area contributed by atoms with Gasteiger partial charge in [0.15, 0.2) is 11.5 Å². The van der Waals surface area contributed by atoms with Gasteiger partial charge in [0.05, 0.1) is 0 Å². The third kappa shape index (κ3) is 9.06. The summed E-state index contributed by atoms with van der Waals surface area (Å²) < 4.78 is 10.7. The first-order valence-corrected chi connectivity index (χ1v) is 11.8. The molecule has 1 aromatic carbocycles. The molecule has 0 spiro atoms. The molecule has 4 heteroatoms. The minimum atomic E-state index is 0.122. The van der Waals surface area contributed by atoms with Crippen LogP contribution in [0.2, 0.25) is 0 Å². The minimum Gasteiger partial charge on any atom is -0.454 e. The number of carbonyl (C=O) groups is 1. The summed E-state index contributed by atoms with van der Waals surface area (Å²) in [7, 11) is 0. The van der Waals surface area contributed by atoms with Gasteiger partial charge in [-0.3, -0.25) is 4.79 Å². The first kappa shape index (κ1) is 24.0. The van der Waals surface area contributed by atoms with E-state index in [-0.39, 0.29) is 12.7 Å². The van der Waals surface area contributed by atoms with Gasteiger partial charge in [-0.1, -0.05) is 89.5 Å². The summed E-state index contributed by atoms with van der Waals surface area (Å²) in [5.41, 5.74) is 1.03. The van der Waals surface area contributed by atoms with Crippen LogP contribution in [0.5, 0.6) is 11.5 Å². The number of rotatable bonds is 15. The number of hydrogen-bond donors (Lipinski definition) is 0. The van der Waals surface area contributed by atoms with E-state index in [2.05, 4.69) is 13.8 Å². The number of fused-ring (bicyclic) bond motifs is 1. The summed E-state index contributed by atoms with van der Waals surface area (Å²) >= 11 is 0. The molecule has 1 aliphatic heterocycles. The van der Waals surface area contributed by atoms with E-state index in [0.29, 0.717) is 0 Å². The molecule has 1 aromatic rings. The molecule has 1 amide bonds. The Labute approximate surface area is 182 Å². The summed E-state index contributed by atoms with van der Waals surface area (Å²) in [6.07, 6.45) is 19.7. The van der Waals surface area contributed by atoms with Crippen molar-refractivity contribution >= 4 is 12.0 Å². The lowest BCUT2D eigenvalue weighted by Crippen LogP contribution is -2.31. The average Bonchev–Trinajstić information content (AvgIpc) is 3.22. The number of amides is 1. The normalized spacial score (nSPS) is 12.9. The molecule has 1 aliphatic rings. The number of benzene rings is 1. The standard InChI is InChI=1S/C26H39NO3/c1-3-5-7-9-13-19-27(20-14-10-8-6-4-2)26(28)16-12-11-15-23-17-18-24-25(21-23)30-22-29-24/h11-12,15-18,21H,3-10,13-14,19-20,22H2,1-2H3/b15-11+,16-12+. The Morgan fingerprint density at radius 3 is 2.17 bits per heavy atom. The first-order valence-electron chi connectivity index (χ1n) is 11.8. The molecule has 0 fully saturated rings. The van der Waals surface area contributed by atoms with Gasteiger partial charge in [0, 0.05) is 19.2 Å². The Kier molecular flexibility index (Phi) is 11.8. The van der Waals surface area contributed by atoms with E-state index >= 15 is 0 Å². The van der Waals surface area contributed by atoms with Crippen molar-refractivity contribution in [3.63, 3.8) is 0 Å². The van der Waals surface area contributed by atoms with Crippen molar-refractivity contribution in [1.29, 1.82) is 0 Å². The molecule has 0 saturated heterocycles. The number of nitrogens with zero attached hydrogens (tertiary/aromatic N) is 1. The minimum absolute atomic E-state index is 0.122. The van der Waals surface area contributed by atoms with E-state index in [1.165, 1.54) is 51.4 Å².